The molecule has 0 aliphatic heterocycles. The van der Waals surface area contributed by atoms with Gasteiger partial charge in [-0.3, -0.25) is 9.59 Å². The molecule has 1 N–H and O–H groups in total. The van der Waals surface area contributed by atoms with E-state index in [1.807, 2.05) is 0 Å². The minimum Gasteiger partial charge on any atom is -0.469 e. The molecule has 5 nitrogen and oxygen atoms in total. The van der Waals surface area contributed by atoms with Crippen LogP contribution in [0.4, 0.5) is 0 Å². The SMILES string of the molecule is CCCCC(C)(CCC#C[C@H]1[C@@H](O)CC(=O)[C@@H]1CCCCCCC(=O)OC)O[Si](CC)(CC)CC. The number of aliphatic hydroxyl groups excluding tert-OH is 1. The van der Waals surface area contributed by atoms with Crippen LogP contribution >= 0.6 is 0 Å². The lowest BCUT2D eigenvalue weighted by atomic mass is 9.89. The van der Waals surface area contributed by atoms with Crippen LogP contribution in [0, 0.1) is 23.7 Å². The maximum absolute atomic E-state index is 12.5. The molecule has 0 saturated heterocycles. The second kappa shape index (κ2) is 16.6. The third-order valence-corrected chi connectivity index (χ3v) is 12.8. The van der Waals surface area contributed by atoms with Gasteiger partial charge in [-0.15, -0.1) is 5.92 Å². The van der Waals surface area contributed by atoms with Crippen molar-refractivity contribution in [2.75, 3.05) is 7.11 Å². The lowest BCUT2D eigenvalue weighted by molar-refractivity contribution is -0.140. The van der Waals surface area contributed by atoms with Crippen LogP contribution < -0.4 is 0 Å². The Labute approximate surface area is 216 Å². The van der Waals surface area contributed by atoms with Gasteiger partial charge in [0.15, 0.2) is 8.32 Å². The van der Waals surface area contributed by atoms with Crippen molar-refractivity contribution >= 4 is 20.1 Å². The third kappa shape index (κ3) is 10.8. The van der Waals surface area contributed by atoms with Gasteiger partial charge >= 0.3 is 5.97 Å². The van der Waals surface area contributed by atoms with E-state index >= 15 is 0 Å². The van der Waals surface area contributed by atoms with E-state index in [4.69, 9.17) is 4.43 Å². The predicted molar refractivity (Wildman–Crippen MR) is 146 cm³/mol. The van der Waals surface area contributed by atoms with Gasteiger partial charge in [-0.25, -0.2) is 0 Å². The zero-order chi connectivity index (χ0) is 26.3. The van der Waals surface area contributed by atoms with Gasteiger partial charge in [-0.1, -0.05) is 65.7 Å². The lowest BCUT2D eigenvalue weighted by Gasteiger charge is -2.40. The molecule has 1 rings (SSSR count). The Morgan fingerprint density at radius 3 is 2.31 bits per heavy atom. The number of Topliss-reactive ketones (excluding diaryl/α,β-unsaturated/α-hetero) is 1. The van der Waals surface area contributed by atoms with Crippen LogP contribution in [-0.4, -0.2) is 44.0 Å². The number of aliphatic hydroxyl groups is 1. The summed E-state index contributed by atoms with van der Waals surface area (Å²) in [6, 6.07) is 3.44. The normalized spacial score (nSPS) is 21.9. The molecule has 0 bridgehead atoms. The zero-order valence-corrected chi connectivity index (χ0v) is 24.4. The number of ether oxygens (including phenoxy) is 1. The molecule has 1 aliphatic carbocycles. The molecule has 4 atom stereocenters. The molecule has 0 heterocycles. The number of methoxy groups -OCH3 is 1. The van der Waals surface area contributed by atoms with E-state index in [1.54, 1.807) is 0 Å². The molecule has 1 saturated carbocycles. The second-order valence-electron chi connectivity index (χ2n) is 10.6. The van der Waals surface area contributed by atoms with Crippen LogP contribution in [0.1, 0.15) is 112 Å². The first-order valence-corrected chi connectivity index (χ1v) is 16.7. The van der Waals surface area contributed by atoms with Crippen LogP contribution in [0.3, 0.4) is 0 Å². The highest BCUT2D eigenvalue weighted by atomic mass is 28.4. The van der Waals surface area contributed by atoms with Crippen LogP contribution in [0.2, 0.25) is 18.1 Å². The molecule has 0 aromatic carbocycles. The van der Waals surface area contributed by atoms with Crippen LogP contribution in [0.5, 0.6) is 0 Å². The smallest absolute Gasteiger partial charge is 0.305 e. The zero-order valence-electron chi connectivity index (χ0n) is 23.4. The molecule has 1 aliphatic rings. The number of hydrogen-bond donors (Lipinski definition) is 1. The quantitative estimate of drug-likeness (QED) is 0.101. The average molecular weight is 509 g/mol. The summed E-state index contributed by atoms with van der Waals surface area (Å²) in [5.74, 6) is 6.18. The fraction of sp³-hybridized carbons (Fsp3) is 0.862. The number of carbonyl (C=O) groups is 2. The van der Waals surface area contributed by atoms with Gasteiger partial charge in [0.25, 0.3) is 0 Å². The molecular weight excluding hydrogens is 456 g/mol. The minimum absolute atomic E-state index is 0.145. The molecule has 202 valence electrons. The monoisotopic (exact) mass is 508 g/mol. The van der Waals surface area contributed by atoms with E-state index in [2.05, 4.69) is 51.2 Å². The fourth-order valence-corrected chi connectivity index (χ4v) is 8.55. The number of carbonyl (C=O) groups excluding carboxylic acids is 2. The summed E-state index contributed by atoms with van der Waals surface area (Å²) in [4.78, 5) is 23.7. The molecule has 1 fully saturated rings. The molecule has 6 heteroatoms. The third-order valence-electron chi connectivity index (χ3n) is 8.05. The van der Waals surface area contributed by atoms with Gasteiger partial charge in [0, 0.05) is 25.2 Å². The maximum atomic E-state index is 12.5. The molecule has 0 radical (unpaired) electrons. The first kappa shape index (κ1) is 31.9. The van der Waals surface area contributed by atoms with Gasteiger partial charge < -0.3 is 14.3 Å². The summed E-state index contributed by atoms with van der Waals surface area (Å²) >= 11 is 0. The maximum Gasteiger partial charge on any atom is 0.305 e. The number of rotatable bonds is 17. The van der Waals surface area contributed by atoms with E-state index in [0.29, 0.717) is 6.42 Å². The Balaban J connectivity index is 2.68. The molecular formula is C29H52O5Si. The van der Waals surface area contributed by atoms with Gasteiger partial charge in [-0.05, 0) is 50.7 Å². The van der Waals surface area contributed by atoms with E-state index < -0.39 is 14.4 Å². The van der Waals surface area contributed by atoms with Crippen molar-refractivity contribution < 1.29 is 23.9 Å². The predicted octanol–water partition coefficient (Wildman–Crippen LogP) is 6.82. The Hall–Kier alpha value is -1.16. The van der Waals surface area contributed by atoms with Gasteiger partial charge in [0.1, 0.15) is 5.78 Å². The van der Waals surface area contributed by atoms with Crippen LogP contribution in [-0.2, 0) is 18.8 Å². The molecule has 0 aromatic rings. The van der Waals surface area contributed by atoms with Crippen molar-refractivity contribution in [1.82, 2.24) is 0 Å². The summed E-state index contributed by atoms with van der Waals surface area (Å²) in [7, 11) is -0.299. The highest BCUT2D eigenvalue weighted by Crippen LogP contribution is 2.35. The minimum atomic E-state index is -1.71. The molecule has 0 amide bonds. The van der Waals surface area contributed by atoms with E-state index in [0.717, 1.165) is 82.3 Å². The number of unbranched alkanes of at least 4 members (excludes halogenated alkanes) is 4. The highest BCUT2D eigenvalue weighted by Gasteiger charge is 2.40. The van der Waals surface area contributed by atoms with Crippen molar-refractivity contribution in [2.24, 2.45) is 11.8 Å². The average Bonchev–Trinajstić information content (AvgIpc) is 3.13. The van der Waals surface area contributed by atoms with Crippen molar-refractivity contribution in [3.05, 3.63) is 0 Å². The summed E-state index contributed by atoms with van der Waals surface area (Å²) < 4.78 is 11.6. The van der Waals surface area contributed by atoms with Gasteiger partial charge in [0.2, 0.25) is 0 Å². The molecule has 1 unspecified atom stereocenters. The van der Waals surface area contributed by atoms with E-state index in [-0.39, 0.29) is 35.6 Å². The summed E-state index contributed by atoms with van der Waals surface area (Å²) in [6.45, 7) is 11.3. The van der Waals surface area contributed by atoms with Crippen LogP contribution in [0.25, 0.3) is 0 Å². The Morgan fingerprint density at radius 2 is 1.71 bits per heavy atom. The Bertz CT molecular complexity index is 685. The fourth-order valence-electron chi connectivity index (χ4n) is 5.36. The lowest BCUT2D eigenvalue weighted by Crippen LogP contribution is -2.45. The summed E-state index contributed by atoms with van der Waals surface area (Å²) in [5, 5.41) is 10.5. The van der Waals surface area contributed by atoms with Gasteiger partial charge in [-0.2, -0.15) is 0 Å². The van der Waals surface area contributed by atoms with Crippen molar-refractivity contribution in [1.29, 1.82) is 0 Å². The number of ketones is 1. The van der Waals surface area contributed by atoms with E-state index in [9.17, 15) is 14.7 Å². The largest absolute Gasteiger partial charge is 0.469 e. The summed E-state index contributed by atoms with van der Waals surface area (Å²) in [5.41, 5.74) is -0.146. The molecule has 0 spiro atoms. The number of esters is 1. The second-order valence-corrected chi connectivity index (χ2v) is 15.3. The topological polar surface area (TPSA) is 72.8 Å². The standard InChI is InChI=1S/C29H52O5Si/c1-7-11-21-29(5,34-35(8-2,9-3)10-4)22-17-16-19-25-24(26(30)23-27(25)31)18-14-12-13-15-20-28(32)33-6/h24-25,27,31H,7-15,17-18,20-23H2,1-6H3/t24-,25-,27+,29?/m1/s1. The Kier molecular flexibility index (Phi) is 15.1. The number of hydrogen-bond acceptors (Lipinski definition) is 5. The first-order valence-electron chi connectivity index (χ1n) is 14.2. The van der Waals surface area contributed by atoms with Crippen molar-refractivity contribution in [3.63, 3.8) is 0 Å². The highest BCUT2D eigenvalue weighted by molar-refractivity contribution is 6.73. The van der Waals surface area contributed by atoms with Crippen molar-refractivity contribution in [3.8, 4) is 11.8 Å². The molecule has 0 aromatic heterocycles. The first-order chi connectivity index (χ1) is 16.7. The summed E-state index contributed by atoms with van der Waals surface area (Å²) in [6.07, 6.45) is 9.45. The van der Waals surface area contributed by atoms with Crippen molar-refractivity contribution in [2.45, 2.75) is 142 Å². The van der Waals surface area contributed by atoms with Crippen LogP contribution in [0.15, 0.2) is 0 Å². The van der Waals surface area contributed by atoms with E-state index in [1.165, 1.54) is 7.11 Å². The Morgan fingerprint density at radius 1 is 1.06 bits per heavy atom. The molecule has 35 heavy (non-hydrogen) atoms. The van der Waals surface area contributed by atoms with Gasteiger partial charge in [0.05, 0.1) is 24.7 Å².